The normalized spacial score (nSPS) is 20.3. The fraction of sp³-hybridized carbons (Fsp3) is 0.423. The van der Waals surface area contributed by atoms with Crippen molar-refractivity contribution in [1.82, 2.24) is 10.2 Å². The summed E-state index contributed by atoms with van der Waals surface area (Å²) in [5.41, 5.74) is 8.21. The molecule has 7 nitrogen and oxygen atoms in total. The number of fused-ring (bicyclic) bond motifs is 1. The molecule has 0 spiro atoms. The van der Waals surface area contributed by atoms with Gasteiger partial charge in [-0.3, -0.25) is 14.5 Å². The molecule has 33 heavy (non-hydrogen) atoms. The van der Waals surface area contributed by atoms with Crippen molar-refractivity contribution in [2.24, 2.45) is 10.7 Å². The van der Waals surface area contributed by atoms with Crippen LogP contribution in [0.5, 0.6) is 5.75 Å². The number of carbonyl (C=O) groups is 2. The van der Waals surface area contributed by atoms with Crippen molar-refractivity contribution in [3.63, 3.8) is 0 Å². The molecule has 2 atom stereocenters. The average molecular weight is 449 g/mol. The molecule has 1 unspecified atom stereocenters. The van der Waals surface area contributed by atoms with Crippen molar-refractivity contribution in [3.8, 4) is 5.75 Å². The fourth-order valence-corrected chi connectivity index (χ4v) is 4.73. The Hall–Kier alpha value is -3.35. The smallest absolute Gasteiger partial charge is 0.251 e. The molecule has 2 heterocycles. The van der Waals surface area contributed by atoms with Crippen molar-refractivity contribution in [1.29, 1.82) is 0 Å². The Morgan fingerprint density at radius 2 is 2.00 bits per heavy atom. The number of benzene rings is 2. The average Bonchev–Trinajstić information content (AvgIpc) is 2.83. The maximum atomic E-state index is 13.1. The summed E-state index contributed by atoms with van der Waals surface area (Å²) in [7, 11) is 0. The maximum Gasteiger partial charge on any atom is 0.251 e. The van der Waals surface area contributed by atoms with Crippen molar-refractivity contribution in [3.05, 3.63) is 65.2 Å². The molecule has 7 heteroatoms. The molecule has 174 valence electrons. The van der Waals surface area contributed by atoms with Crippen molar-refractivity contribution >= 4 is 17.8 Å². The highest BCUT2D eigenvalue weighted by Crippen LogP contribution is 2.34. The summed E-state index contributed by atoms with van der Waals surface area (Å²) in [6, 6.07) is 14.7. The van der Waals surface area contributed by atoms with Gasteiger partial charge < -0.3 is 15.8 Å². The van der Waals surface area contributed by atoms with E-state index in [-0.39, 0.29) is 29.9 Å². The Kier molecular flexibility index (Phi) is 6.40. The second-order valence-electron chi connectivity index (χ2n) is 8.84. The number of hydrogen-bond donors (Lipinski definition) is 2. The molecule has 0 aromatic heterocycles. The van der Waals surface area contributed by atoms with E-state index >= 15 is 0 Å². The van der Waals surface area contributed by atoms with Crippen LogP contribution in [0.2, 0.25) is 0 Å². The molecule has 0 radical (unpaired) electrons. The number of carbonyl (C=O) groups excluding carboxylic acids is 2. The zero-order valence-electron chi connectivity index (χ0n) is 19.5. The lowest BCUT2D eigenvalue weighted by Crippen LogP contribution is -2.52. The lowest BCUT2D eigenvalue weighted by molar-refractivity contribution is -0.131. The molecule has 2 aromatic rings. The molecule has 0 aliphatic carbocycles. The van der Waals surface area contributed by atoms with Crippen LogP contribution in [0, 0.1) is 0 Å². The van der Waals surface area contributed by atoms with Crippen molar-refractivity contribution in [2.45, 2.75) is 64.1 Å². The van der Waals surface area contributed by atoms with E-state index in [0.29, 0.717) is 25.0 Å². The lowest BCUT2D eigenvalue weighted by Gasteiger charge is -2.39. The molecule has 2 aromatic carbocycles. The molecule has 2 aliphatic rings. The van der Waals surface area contributed by atoms with Gasteiger partial charge in [0.1, 0.15) is 5.75 Å². The van der Waals surface area contributed by atoms with E-state index in [4.69, 9.17) is 15.5 Å². The van der Waals surface area contributed by atoms with Crippen LogP contribution in [0.4, 0.5) is 0 Å². The predicted octanol–water partition coefficient (Wildman–Crippen LogP) is 4.11. The summed E-state index contributed by atoms with van der Waals surface area (Å²) in [5, 5.41) is 3.13. The number of para-hydroxylation sites is 1. The highest BCUT2D eigenvalue weighted by Gasteiger charge is 2.39. The molecule has 2 aliphatic heterocycles. The second-order valence-corrected chi connectivity index (χ2v) is 8.84. The van der Waals surface area contributed by atoms with Crippen LogP contribution in [0.3, 0.4) is 0 Å². The van der Waals surface area contributed by atoms with E-state index < -0.39 is 5.54 Å². The van der Waals surface area contributed by atoms with Gasteiger partial charge >= 0.3 is 0 Å². The number of aliphatic imine (C=N–C) groups is 1. The molecule has 0 saturated heterocycles. The molecular formula is C26H32N4O3. The quantitative estimate of drug-likeness (QED) is 0.695. The monoisotopic (exact) mass is 448 g/mol. The predicted molar refractivity (Wildman–Crippen MR) is 128 cm³/mol. The van der Waals surface area contributed by atoms with E-state index in [9.17, 15) is 9.59 Å². The maximum absolute atomic E-state index is 13.1. The minimum atomic E-state index is -0.418. The van der Waals surface area contributed by atoms with Gasteiger partial charge in [0.05, 0.1) is 30.7 Å². The first-order chi connectivity index (χ1) is 15.9. The Labute approximate surface area is 195 Å². The van der Waals surface area contributed by atoms with Crippen LogP contribution in [0.15, 0.2) is 53.5 Å². The highest BCUT2D eigenvalue weighted by atomic mass is 16.5. The zero-order valence-corrected chi connectivity index (χ0v) is 19.5. The summed E-state index contributed by atoms with van der Waals surface area (Å²) in [6.45, 7) is 6.54. The summed E-state index contributed by atoms with van der Waals surface area (Å²) in [6.07, 6.45) is 2.59. The first kappa shape index (κ1) is 22.8. The van der Waals surface area contributed by atoms with E-state index in [0.717, 1.165) is 29.7 Å². The van der Waals surface area contributed by atoms with Gasteiger partial charge in [-0.15, -0.1) is 0 Å². The van der Waals surface area contributed by atoms with Gasteiger partial charge in [0.2, 0.25) is 5.91 Å². The summed E-state index contributed by atoms with van der Waals surface area (Å²) >= 11 is 0. The molecule has 3 N–H and O–H groups in total. The minimum Gasteiger partial charge on any atom is -0.493 e. The number of amides is 2. The summed E-state index contributed by atoms with van der Waals surface area (Å²) in [5.74, 6) is 0.863. The third-order valence-corrected chi connectivity index (χ3v) is 6.95. The summed E-state index contributed by atoms with van der Waals surface area (Å²) < 4.78 is 5.70. The third kappa shape index (κ3) is 4.45. The zero-order chi connectivity index (χ0) is 23.6. The van der Waals surface area contributed by atoms with Crippen molar-refractivity contribution in [2.75, 3.05) is 6.61 Å². The third-order valence-electron chi connectivity index (χ3n) is 6.95. The van der Waals surface area contributed by atoms with E-state index in [1.54, 1.807) is 11.0 Å². The molecule has 0 fully saturated rings. The van der Waals surface area contributed by atoms with Gasteiger partial charge in [-0.2, -0.15) is 0 Å². The SMILES string of the molecule is CCC1(CC)CC(=O)N(C(C)c2cccc(C(=O)N[C@H]3CCOc4ccccc43)c2)C(N)=N1. The van der Waals surface area contributed by atoms with Gasteiger partial charge in [-0.25, -0.2) is 4.99 Å². The Balaban J connectivity index is 1.54. The summed E-state index contributed by atoms with van der Waals surface area (Å²) in [4.78, 5) is 32.4. The van der Waals surface area contributed by atoms with Gasteiger partial charge in [0.15, 0.2) is 5.96 Å². The number of nitrogens with one attached hydrogen (secondary N) is 1. The Morgan fingerprint density at radius 1 is 1.24 bits per heavy atom. The second kappa shape index (κ2) is 9.25. The largest absolute Gasteiger partial charge is 0.493 e. The van der Waals surface area contributed by atoms with E-state index in [1.165, 1.54) is 0 Å². The first-order valence-corrected chi connectivity index (χ1v) is 11.7. The molecule has 2 amide bonds. The van der Waals surface area contributed by atoms with Crippen LogP contribution < -0.4 is 15.8 Å². The van der Waals surface area contributed by atoms with Gasteiger partial charge in [-0.1, -0.05) is 44.2 Å². The van der Waals surface area contributed by atoms with Crippen LogP contribution in [-0.4, -0.2) is 34.8 Å². The number of guanidine groups is 1. The fourth-order valence-electron chi connectivity index (χ4n) is 4.73. The van der Waals surface area contributed by atoms with E-state index in [2.05, 4.69) is 5.32 Å². The van der Waals surface area contributed by atoms with Gasteiger partial charge in [0, 0.05) is 17.5 Å². The first-order valence-electron chi connectivity index (χ1n) is 11.7. The van der Waals surface area contributed by atoms with Gasteiger partial charge in [0.25, 0.3) is 5.91 Å². The molecule has 0 saturated carbocycles. The highest BCUT2D eigenvalue weighted by molar-refractivity contribution is 5.99. The number of nitrogens with zero attached hydrogens (tertiary/aromatic N) is 2. The minimum absolute atomic E-state index is 0.0348. The number of nitrogens with two attached hydrogens (primary N) is 1. The van der Waals surface area contributed by atoms with Crippen LogP contribution in [0.25, 0.3) is 0 Å². The standard InChI is InChI=1S/C26H32N4O3/c1-4-26(5-2)16-23(31)30(25(27)29-26)17(3)18-9-8-10-19(15-18)24(32)28-21-13-14-33-22-12-7-6-11-20(21)22/h6-12,15,17,21H,4-5,13-14,16H2,1-3H3,(H2,27,29)(H,28,32)/t17?,21-/m0/s1. The molecular weight excluding hydrogens is 416 g/mol. The van der Waals surface area contributed by atoms with Gasteiger partial charge in [-0.05, 0) is 43.5 Å². The van der Waals surface area contributed by atoms with Crippen LogP contribution >= 0.6 is 0 Å². The topological polar surface area (TPSA) is 97.0 Å². The number of rotatable bonds is 6. The van der Waals surface area contributed by atoms with Crippen LogP contribution in [0.1, 0.15) is 80.0 Å². The number of ether oxygens (including phenoxy) is 1. The van der Waals surface area contributed by atoms with E-state index in [1.807, 2.05) is 63.2 Å². The number of hydrogen-bond acceptors (Lipinski definition) is 5. The molecule has 0 bridgehead atoms. The molecule has 4 rings (SSSR count). The Morgan fingerprint density at radius 3 is 2.73 bits per heavy atom. The van der Waals surface area contributed by atoms with Crippen molar-refractivity contribution < 1.29 is 14.3 Å². The lowest BCUT2D eigenvalue weighted by atomic mass is 9.87. The van der Waals surface area contributed by atoms with Crippen LogP contribution in [-0.2, 0) is 4.79 Å². The Bertz CT molecular complexity index is 1080.